The van der Waals surface area contributed by atoms with Crippen LogP contribution in [0, 0.1) is 11.8 Å². The first-order chi connectivity index (χ1) is 7.98. The molecule has 0 spiro atoms. The molecule has 0 amide bonds. The van der Waals surface area contributed by atoms with E-state index >= 15 is 0 Å². The minimum Gasteiger partial charge on any atom is -0.465 e. The van der Waals surface area contributed by atoms with Crippen LogP contribution in [0.15, 0.2) is 0 Å². The molecule has 1 N–H and O–H groups in total. The van der Waals surface area contributed by atoms with E-state index < -0.39 is 5.54 Å². The van der Waals surface area contributed by atoms with E-state index in [1.54, 1.807) is 0 Å². The summed E-state index contributed by atoms with van der Waals surface area (Å²) >= 11 is 0. The number of hydrogen-bond donors (Lipinski definition) is 1. The van der Waals surface area contributed by atoms with Crippen molar-refractivity contribution in [2.75, 3.05) is 13.2 Å². The summed E-state index contributed by atoms with van der Waals surface area (Å²) in [4.78, 5) is 12.1. The lowest BCUT2D eigenvalue weighted by Gasteiger charge is -2.36. The monoisotopic (exact) mass is 241 g/mol. The van der Waals surface area contributed by atoms with Crippen LogP contribution in [0.25, 0.3) is 0 Å². The highest BCUT2D eigenvalue weighted by molar-refractivity contribution is 5.80. The molecule has 0 aromatic heterocycles. The number of carbonyl (C=O) groups excluding carboxylic acids is 1. The molecule has 0 saturated heterocycles. The van der Waals surface area contributed by atoms with Gasteiger partial charge in [-0.3, -0.25) is 4.79 Å². The van der Waals surface area contributed by atoms with Crippen LogP contribution < -0.4 is 5.32 Å². The lowest BCUT2D eigenvalue weighted by atomic mass is 9.76. The van der Waals surface area contributed by atoms with Crippen molar-refractivity contribution in [3.63, 3.8) is 0 Å². The van der Waals surface area contributed by atoms with Crippen molar-refractivity contribution in [1.82, 2.24) is 5.32 Å². The lowest BCUT2D eigenvalue weighted by molar-refractivity contribution is -0.151. The van der Waals surface area contributed by atoms with E-state index in [1.807, 2.05) is 13.8 Å². The van der Waals surface area contributed by atoms with E-state index in [0.29, 0.717) is 18.4 Å². The van der Waals surface area contributed by atoms with Crippen LogP contribution in [0.2, 0.25) is 0 Å². The summed E-state index contributed by atoms with van der Waals surface area (Å²) in [6, 6.07) is 0. The lowest BCUT2D eigenvalue weighted by Crippen LogP contribution is -2.53. The van der Waals surface area contributed by atoms with Gasteiger partial charge < -0.3 is 10.1 Å². The van der Waals surface area contributed by atoms with Crippen molar-refractivity contribution >= 4 is 5.97 Å². The fraction of sp³-hybridized carbons (Fsp3) is 0.929. The number of carbonyl (C=O) groups is 1. The van der Waals surface area contributed by atoms with Crippen LogP contribution in [0.4, 0.5) is 0 Å². The molecule has 1 aliphatic rings. The third-order valence-electron chi connectivity index (χ3n) is 3.55. The van der Waals surface area contributed by atoms with Gasteiger partial charge in [0.2, 0.25) is 0 Å². The second-order valence-electron chi connectivity index (χ2n) is 5.83. The summed E-state index contributed by atoms with van der Waals surface area (Å²) in [7, 11) is 0. The number of rotatable bonds is 7. The Balaban J connectivity index is 2.56. The molecular formula is C14H27NO2. The number of hydrogen-bond acceptors (Lipinski definition) is 3. The van der Waals surface area contributed by atoms with Gasteiger partial charge in [0.05, 0.1) is 6.61 Å². The van der Waals surface area contributed by atoms with E-state index in [4.69, 9.17) is 4.74 Å². The van der Waals surface area contributed by atoms with Crippen LogP contribution in [0.3, 0.4) is 0 Å². The molecule has 0 heterocycles. The zero-order chi connectivity index (χ0) is 12.9. The first kappa shape index (κ1) is 14.5. The highest BCUT2D eigenvalue weighted by Crippen LogP contribution is 2.34. The highest BCUT2D eigenvalue weighted by Gasteiger charge is 2.38. The fourth-order valence-corrected chi connectivity index (χ4v) is 2.22. The Labute approximate surface area is 105 Å². The van der Waals surface area contributed by atoms with Crippen LogP contribution in [-0.2, 0) is 9.53 Å². The number of nitrogens with one attached hydrogen (secondary N) is 1. The zero-order valence-electron chi connectivity index (χ0n) is 11.7. The average molecular weight is 241 g/mol. The average Bonchev–Trinajstić information content (AvgIpc) is 2.21. The van der Waals surface area contributed by atoms with Crippen LogP contribution in [-0.4, -0.2) is 24.7 Å². The van der Waals surface area contributed by atoms with Gasteiger partial charge in [-0.05, 0) is 38.6 Å². The highest BCUT2D eigenvalue weighted by atomic mass is 16.5. The van der Waals surface area contributed by atoms with Gasteiger partial charge >= 0.3 is 5.97 Å². The minimum atomic E-state index is -0.495. The minimum absolute atomic E-state index is 0.0902. The zero-order valence-corrected chi connectivity index (χ0v) is 11.7. The van der Waals surface area contributed by atoms with E-state index in [-0.39, 0.29) is 5.97 Å². The molecule has 0 bridgehead atoms. The normalized spacial score (nSPS) is 19.8. The Kier molecular flexibility index (Phi) is 5.44. The summed E-state index contributed by atoms with van der Waals surface area (Å²) in [5.41, 5.74) is -0.495. The summed E-state index contributed by atoms with van der Waals surface area (Å²) in [6.45, 7) is 9.49. The summed E-state index contributed by atoms with van der Waals surface area (Å²) in [5.74, 6) is 1.15. The molecule has 1 atom stereocenters. The molecule has 17 heavy (non-hydrogen) atoms. The van der Waals surface area contributed by atoms with Gasteiger partial charge in [0.15, 0.2) is 0 Å². The van der Waals surface area contributed by atoms with E-state index in [0.717, 1.165) is 13.0 Å². The predicted molar refractivity (Wildman–Crippen MR) is 69.8 cm³/mol. The maximum atomic E-state index is 12.1. The molecular weight excluding hydrogens is 214 g/mol. The predicted octanol–water partition coefficient (Wildman–Crippen LogP) is 2.74. The van der Waals surface area contributed by atoms with Crippen LogP contribution >= 0.6 is 0 Å². The van der Waals surface area contributed by atoms with E-state index in [2.05, 4.69) is 19.2 Å². The Morgan fingerprint density at radius 1 is 1.47 bits per heavy atom. The Hall–Kier alpha value is -0.570. The molecule has 0 radical (unpaired) electrons. The topological polar surface area (TPSA) is 38.3 Å². The van der Waals surface area contributed by atoms with Crippen molar-refractivity contribution < 1.29 is 9.53 Å². The fourth-order valence-electron chi connectivity index (χ4n) is 2.22. The SMILES string of the molecule is CCOC(=O)C(C)(CC1CCC1)NCC(C)C. The van der Waals surface area contributed by atoms with Gasteiger partial charge in [-0.25, -0.2) is 0 Å². The largest absolute Gasteiger partial charge is 0.465 e. The maximum absolute atomic E-state index is 12.1. The first-order valence-electron chi connectivity index (χ1n) is 6.90. The molecule has 1 saturated carbocycles. The molecule has 3 heteroatoms. The maximum Gasteiger partial charge on any atom is 0.326 e. The van der Waals surface area contributed by atoms with Gasteiger partial charge in [0, 0.05) is 0 Å². The second kappa shape index (κ2) is 6.39. The van der Waals surface area contributed by atoms with Crippen molar-refractivity contribution in [3.8, 4) is 0 Å². The second-order valence-corrected chi connectivity index (χ2v) is 5.83. The Bertz CT molecular complexity index is 249. The molecule has 0 aliphatic heterocycles. The quantitative estimate of drug-likeness (QED) is 0.697. The molecule has 1 unspecified atom stereocenters. The summed E-state index contributed by atoms with van der Waals surface area (Å²) in [6.07, 6.45) is 4.75. The van der Waals surface area contributed by atoms with Gasteiger partial charge in [0.1, 0.15) is 5.54 Å². The molecule has 3 nitrogen and oxygen atoms in total. The van der Waals surface area contributed by atoms with Gasteiger partial charge in [-0.2, -0.15) is 0 Å². The van der Waals surface area contributed by atoms with Crippen LogP contribution in [0.5, 0.6) is 0 Å². The Morgan fingerprint density at radius 2 is 2.12 bits per heavy atom. The van der Waals surface area contributed by atoms with Gasteiger partial charge in [0.25, 0.3) is 0 Å². The molecule has 1 fully saturated rings. The third kappa shape index (κ3) is 4.30. The smallest absolute Gasteiger partial charge is 0.326 e. The molecule has 0 aromatic carbocycles. The standard InChI is InChI=1S/C14H27NO2/c1-5-17-13(16)14(4,15-10-11(2)3)9-12-7-6-8-12/h11-12,15H,5-10H2,1-4H3. The van der Waals surface area contributed by atoms with Crippen molar-refractivity contribution in [2.24, 2.45) is 11.8 Å². The molecule has 1 rings (SSSR count). The Morgan fingerprint density at radius 3 is 2.53 bits per heavy atom. The summed E-state index contributed by atoms with van der Waals surface area (Å²) < 4.78 is 5.21. The number of esters is 1. The molecule has 0 aromatic rings. The molecule has 1 aliphatic carbocycles. The van der Waals surface area contributed by atoms with Crippen LogP contribution in [0.1, 0.15) is 53.4 Å². The summed E-state index contributed by atoms with van der Waals surface area (Å²) in [5, 5.41) is 3.40. The third-order valence-corrected chi connectivity index (χ3v) is 3.55. The van der Waals surface area contributed by atoms with Gasteiger partial charge in [-0.1, -0.05) is 33.1 Å². The van der Waals surface area contributed by atoms with E-state index in [1.165, 1.54) is 19.3 Å². The molecule has 100 valence electrons. The number of ether oxygens (including phenoxy) is 1. The van der Waals surface area contributed by atoms with Crippen molar-refractivity contribution in [1.29, 1.82) is 0 Å². The first-order valence-corrected chi connectivity index (χ1v) is 6.90. The van der Waals surface area contributed by atoms with Gasteiger partial charge in [-0.15, -0.1) is 0 Å². The van der Waals surface area contributed by atoms with Crippen molar-refractivity contribution in [3.05, 3.63) is 0 Å². The van der Waals surface area contributed by atoms with E-state index in [9.17, 15) is 4.79 Å². The van der Waals surface area contributed by atoms with Crippen molar-refractivity contribution in [2.45, 2.75) is 58.9 Å².